The second-order valence-corrected chi connectivity index (χ2v) is 12.8. The Bertz CT molecular complexity index is 1200. The number of hydrogen-bond donors (Lipinski definition) is 1. The number of ether oxygens (including phenoxy) is 9. The Morgan fingerprint density at radius 1 is 0.554 bits per heavy atom. The van der Waals surface area contributed by atoms with E-state index in [0.29, 0.717) is 109 Å². The van der Waals surface area contributed by atoms with E-state index >= 15 is 0 Å². The normalized spacial score (nSPS) is 15.9. The maximum atomic E-state index is 13.1. The summed E-state index contributed by atoms with van der Waals surface area (Å²) in [6, 6.07) is 4.33. The lowest BCUT2D eigenvalue weighted by Crippen LogP contribution is -2.52. The number of esters is 3. The van der Waals surface area contributed by atoms with E-state index in [2.05, 4.69) is 0 Å². The minimum absolute atomic E-state index is 0.0205. The van der Waals surface area contributed by atoms with Crippen molar-refractivity contribution in [3.63, 3.8) is 0 Å². The first-order valence-corrected chi connectivity index (χ1v) is 19.2. The number of carboxylic acid groups (broad SMARTS) is 1. The topological polar surface area (TPSA) is 185 Å². The van der Waals surface area contributed by atoms with Gasteiger partial charge in [0.15, 0.2) is 0 Å². The van der Waals surface area contributed by atoms with Gasteiger partial charge >= 0.3 is 23.9 Å². The van der Waals surface area contributed by atoms with Crippen LogP contribution in [0.2, 0.25) is 0 Å². The van der Waals surface area contributed by atoms with Crippen LogP contribution < -0.4 is 9.47 Å². The van der Waals surface area contributed by atoms with Crippen LogP contribution >= 0.6 is 0 Å². The minimum Gasteiger partial charge on any atom is -0.491 e. The molecule has 0 bridgehead atoms. The third-order valence-corrected chi connectivity index (χ3v) is 8.85. The Kier molecular flexibility index (Phi) is 25.6. The highest BCUT2D eigenvalue weighted by molar-refractivity contribution is 5.74. The van der Waals surface area contributed by atoms with E-state index in [-0.39, 0.29) is 52.4 Å². The van der Waals surface area contributed by atoms with Crippen molar-refractivity contribution in [1.82, 2.24) is 19.6 Å². The molecule has 1 unspecified atom stereocenters. The van der Waals surface area contributed by atoms with E-state index in [4.69, 9.17) is 42.6 Å². The molecule has 0 aliphatic carbocycles. The number of methoxy groups -OCH3 is 3. The molecule has 1 atom stereocenters. The van der Waals surface area contributed by atoms with Crippen LogP contribution in [0.25, 0.3) is 0 Å². The van der Waals surface area contributed by atoms with Crippen LogP contribution in [0.1, 0.15) is 19.4 Å². The molecule has 56 heavy (non-hydrogen) atoms. The van der Waals surface area contributed by atoms with Crippen molar-refractivity contribution < 1.29 is 66.9 Å². The minimum atomic E-state index is -1.04. The third-order valence-electron chi connectivity index (χ3n) is 8.85. The average Bonchev–Trinajstić information content (AvgIpc) is 3.18. The number of aliphatic carboxylic acids is 1. The second kappa shape index (κ2) is 29.6. The highest BCUT2D eigenvalue weighted by atomic mass is 16.6. The molecule has 1 fully saturated rings. The lowest BCUT2D eigenvalue weighted by Gasteiger charge is -2.35. The first-order chi connectivity index (χ1) is 27.1. The zero-order chi connectivity index (χ0) is 41.0. The summed E-state index contributed by atoms with van der Waals surface area (Å²) in [6.07, 6.45) is 0.0967. The smallest absolute Gasteiger partial charge is 0.321 e. The molecule has 1 heterocycles. The number of benzene rings is 1. The fourth-order valence-corrected chi connectivity index (χ4v) is 5.76. The molecule has 0 amide bonds. The maximum Gasteiger partial charge on any atom is 0.321 e. The van der Waals surface area contributed by atoms with Gasteiger partial charge in [0.2, 0.25) is 0 Å². The largest absolute Gasteiger partial charge is 0.491 e. The van der Waals surface area contributed by atoms with E-state index in [0.717, 1.165) is 0 Å². The molecule has 1 aromatic carbocycles. The number of carboxylic acids is 1. The standard InChI is InChI=1S/C38H64N4O14/c1-6-51-16-18-53-20-22-55-32-24-31(25-33(27-32)56-23-21-54-19-17-52-7-2)26-34(38(46)47)42-14-12-40(29-36(44)49-4)10-8-39(28-35(43)48-3)9-11-41(13-15-42)30-37(45)50-5/h24-25,27,34H,6-23,26,28-30H2,1-5H3,(H,46,47). The first-order valence-electron chi connectivity index (χ1n) is 19.2. The van der Waals surface area contributed by atoms with Gasteiger partial charge in [-0.15, -0.1) is 0 Å². The SMILES string of the molecule is CCOCCOCCOc1cc(CC(C(=O)O)N2CCN(CC(=O)OC)CCN(CC(=O)OC)CCN(CC(=O)OC)CC2)cc(OCCOCCOCC)c1. The lowest BCUT2D eigenvalue weighted by molar-refractivity contribution is -0.145. The molecule has 1 aromatic rings. The molecule has 0 aromatic heterocycles. The molecule has 0 radical (unpaired) electrons. The summed E-state index contributed by atoms with van der Waals surface area (Å²) in [5, 5.41) is 10.7. The predicted octanol–water partition coefficient (Wildman–Crippen LogP) is 0.287. The summed E-state index contributed by atoms with van der Waals surface area (Å²) >= 11 is 0. The Balaban J connectivity index is 2.36. The van der Waals surface area contributed by atoms with E-state index in [1.807, 2.05) is 33.4 Å². The summed E-state index contributed by atoms with van der Waals surface area (Å²) in [4.78, 5) is 57.6. The van der Waals surface area contributed by atoms with Crippen molar-refractivity contribution in [2.24, 2.45) is 0 Å². The zero-order valence-electron chi connectivity index (χ0n) is 33.9. The van der Waals surface area contributed by atoms with E-state index in [1.54, 1.807) is 18.2 Å². The van der Waals surface area contributed by atoms with Gasteiger partial charge in [-0.2, -0.15) is 0 Å². The van der Waals surface area contributed by atoms with Gasteiger partial charge in [0, 0.05) is 71.6 Å². The van der Waals surface area contributed by atoms with Gasteiger partial charge in [-0.3, -0.25) is 38.8 Å². The first kappa shape index (κ1) is 48.5. The van der Waals surface area contributed by atoms with Crippen LogP contribution in [0.15, 0.2) is 18.2 Å². The summed E-state index contributed by atoms with van der Waals surface area (Å²) < 4.78 is 48.6. The van der Waals surface area contributed by atoms with E-state index in [1.165, 1.54) is 21.3 Å². The quantitative estimate of drug-likeness (QED) is 0.0765. The number of rotatable bonds is 26. The van der Waals surface area contributed by atoms with Gasteiger partial charge in [-0.25, -0.2) is 0 Å². The fraction of sp³-hybridized carbons (Fsp3) is 0.737. The van der Waals surface area contributed by atoms with E-state index < -0.39 is 29.9 Å². The van der Waals surface area contributed by atoms with Crippen LogP contribution in [0.4, 0.5) is 0 Å². The Morgan fingerprint density at radius 3 is 1.27 bits per heavy atom. The number of carbonyl (C=O) groups is 4. The van der Waals surface area contributed by atoms with Crippen LogP contribution in [0.3, 0.4) is 0 Å². The van der Waals surface area contributed by atoms with Gasteiger partial charge in [0.25, 0.3) is 0 Å². The van der Waals surface area contributed by atoms with Crippen LogP contribution in [0, 0.1) is 0 Å². The maximum absolute atomic E-state index is 13.1. The van der Waals surface area contributed by atoms with Crippen molar-refractivity contribution in [1.29, 1.82) is 0 Å². The average molecular weight is 801 g/mol. The van der Waals surface area contributed by atoms with Crippen molar-refractivity contribution in [2.75, 3.05) is 159 Å². The molecular formula is C38H64N4O14. The lowest BCUT2D eigenvalue weighted by atomic mass is 10.0. The molecule has 18 heteroatoms. The van der Waals surface area contributed by atoms with Crippen molar-refractivity contribution in [3.05, 3.63) is 23.8 Å². The number of carbonyl (C=O) groups excluding carboxylic acids is 3. The van der Waals surface area contributed by atoms with Crippen LogP contribution in [0.5, 0.6) is 11.5 Å². The van der Waals surface area contributed by atoms with Gasteiger partial charge in [-0.1, -0.05) is 0 Å². The Morgan fingerprint density at radius 2 is 0.911 bits per heavy atom. The van der Waals surface area contributed by atoms with Gasteiger partial charge in [-0.05, 0) is 38.0 Å². The fourth-order valence-electron chi connectivity index (χ4n) is 5.76. The van der Waals surface area contributed by atoms with Crippen molar-refractivity contribution in [2.45, 2.75) is 26.3 Å². The molecule has 320 valence electrons. The number of nitrogens with zero attached hydrogens (tertiary/aromatic N) is 4. The molecule has 1 saturated heterocycles. The number of hydrogen-bond acceptors (Lipinski definition) is 17. The molecule has 0 saturated carbocycles. The zero-order valence-corrected chi connectivity index (χ0v) is 33.9. The van der Waals surface area contributed by atoms with Crippen LogP contribution in [-0.2, 0) is 58.8 Å². The van der Waals surface area contributed by atoms with Crippen LogP contribution in [-0.4, -0.2) is 214 Å². The second-order valence-electron chi connectivity index (χ2n) is 12.8. The van der Waals surface area contributed by atoms with Gasteiger partial charge in [0.1, 0.15) is 30.8 Å². The third kappa shape index (κ3) is 21.1. The Hall–Kier alpha value is -3.62. The summed E-state index contributed by atoms with van der Waals surface area (Å²) in [5.41, 5.74) is 0.668. The molecule has 1 aliphatic heterocycles. The highest BCUT2D eigenvalue weighted by Crippen LogP contribution is 2.25. The monoisotopic (exact) mass is 800 g/mol. The summed E-state index contributed by atoms with van der Waals surface area (Å²) in [6.45, 7) is 10.8. The van der Waals surface area contributed by atoms with Crippen molar-refractivity contribution >= 4 is 23.9 Å². The highest BCUT2D eigenvalue weighted by Gasteiger charge is 2.29. The van der Waals surface area contributed by atoms with E-state index in [9.17, 15) is 24.3 Å². The predicted molar refractivity (Wildman–Crippen MR) is 204 cm³/mol. The molecule has 18 nitrogen and oxygen atoms in total. The molecule has 1 N–H and O–H groups in total. The van der Waals surface area contributed by atoms with Gasteiger partial charge in [0.05, 0.1) is 80.6 Å². The molecule has 1 aliphatic rings. The van der Waals surface area contributed by atoms with Gasteiger partial charge < -0.3 is 47.7 Å². The van der Waals surface area contributed by atoms with Crippen molar-refractivity contribution in [3.8, 4) is 11.5 Å². The summed E-state index contributed by atoms with van der Waals surface area (Å²) in [7, 11) is 3.94. The molecule has 2 rings (SSSR count). The Labute approximate surface area is 331 Å². The molecular weight excluding hydrogens is 736 g/mol. The molecule has 0 spiro atoms. The summed E-state index contributed by atoms with van der Waals surface area (Å²) in [5.74, 6) is -1.35.